The van der Waals surface area contributed by atoms with Gasteiger partial charge in [0.05, 0.1) is 23.6 Å². The maximum atomic E-state index is 11.2. The highest BCUT2D eigenvalue weighted by molar-refractivity contribution is 8.57. The van der Waals surface area contributed by atoms with E-state index in [9.17, 15) is 33.5 Å². The number of carboxylic acid groups (broad SMARTS) is 3. The van der Waals surface area contributed by atoms with Gasteiger partial charge in [-0.15, -0.1) is 0 Å². The maximum absolute atomic E-state index is 11.2. The first-order valence-corrected chi connectivity index (χ1v) is 15.8. The second-order valence-corrected chi connectivity index (χ2v) is 16.0. The molecule has 0 aromatic carbocycles. The topological polar surface area (TPSA) is 297 Å². The second kappa shape index (κ2) is 18.2. The van der Waals surface area contributed by atoms with Crippen molar-refractivity contribution in [3.05, 3.63) is 0 Å². The minimum absolute atomic E-state index is 0.200. The number of aliphatic hydroxyl groups is 1. The molecule has 0 aromatic rings. The average molecular weight is 585 g/mol. The van der Waals surface area contributed by atoms with Crippen LogP contribution in [0.5, 0.6) is 0 Å². The van der Waals surface area contributed by atoms with Crippen molar-refractivity contribution < 1.29 is 53.7 Å². The minimum atomic E-state index is -3.56. The number of hydrogen-bond acceptors (Lipinski definition) is 11. The van der Waals surface area contributed by atoms with Gasteiger partial charge >= 0.3 is 17.9 Å². The number of rotatable bonds is 13. The molecule has 0 heterocycles. The van der Waals surface area contributed by atoms with Gasteiger partial charge in [0.25, 0.3) is 6.57 Å². The smallest absolute Gasteiger partial charge is 0.320 e. The lowest BCUT2D eigenvalue weighted by atomic mass is 10.2. The highest BCUT2D eigenvalue weighted by atomic mass is 32.7. The van der Waals surface area contributed by atoms with Crippen LogP contribution in [0, 0.1) is 5.92 Å². The molecule has 15 nitrogen and oxygen atoms in total. The highest BCUT2D eigenvalue weighted by Gasteiger charge is 2.30. The molecule has 0 fully saturated rings. The molecular formula is C18H42N4O11P2S. The number of nitrogens with two attached hydrogens (primary N) is 3. The van der Waals surface area contributed by atoms with Crippen LogP contribution in [0.25, 0.3) is 0 Å². The number of aliphatic carboxylic acids is 3. The Kier molecular flexibility index (Phi) is 20.0. The van der Waals surface area contributed by atoms with Crippen LogP contribution < -0.4 is 22.5 Å². The lowest BCUT2D eigenvalue weighted by Gasteiger charge is -2.16. The largest absolute Gasteiger partial charge is 0.481 e. The van der Waals surface area contributed by atoms with E-state index < -0.39 is 66.7 Å². The summed E-state index contributed by atoms with van der Waals surface area (Å²) in [4.78, 5) is 49.3. The molecule has 0 rings (SSSR count). The van der Waals surface area contributed by atoms with Gasteiger partial charge in [-0.1, -0.05) is 18.3 Å². The van der Waals surface area contributed by atoms with E-state index in [1.54, 1.807) is 6.92 Å². The van der Waals surface area contributed by atoms with Gasteiger partial charge in [-0.2, -0.15) is 0 Å². The van der Waals surface area contributed by atoms with E-state index in [4.69, 9.17) is 37.4 Å². The summed E-state index contributed by atoms with van der Waals surface area (Å²) in [5, 5.41) is 36.2. The first-order chi connectivity index (χ1) is 16.0. The van der Waals surface area contributed by atoms with Crippen LogP contribution in [-0.2, 0) is 23.5 Å². The van der Waals surface area contributed by atoms with Crippen molar-refractivity contribution in [2.75, 3.05) is 12.7 Å². The Morgan fingerprint density at radius 2 is 1.28 bits per heavy atom. The Morgan fingerprint density at radius 1 is 0.833 bits per heavy atom. The molecule has 36 heavy (non-hydrogen) atoms. The monoisotopic (exact) mass is 584 g/mol. The van der Waals surface area contributed by atoms with E-state index in [0.717, 1.165) is 0 Å². The Bertz CT molecular complexity index is 740. The molecule has 9 unspecified atom stereocenters. The third-order valence-electron chi connectivity index (χ3n) is 4.38. The molecule has 0 saturated heterocycles. The van der Waals surface area contributed by atoms with Gasteiger partial charge in [-0.05, 0) is 34.6 Å². The first kappa shape index (κ1) is 39.5. The lowest BCUT2D eigenvalue weighted by molar-refractivity contribution is -0.140. The van der Waals surface area contributed by atoms with E-state index in [0.29, 0.717) is 11.4 Å². The maximum Gasteiger partial charge on any atom is 0.320 e. The van der Waals surface area contributed by atoms with Crippen molar-refractivity contribution in [1.29, 1.82) is 0 Å². The number of nitrogens with one attached hydrogen (secondary N) is 1. The Hall–Kier alpha value is -1.06. The molecule has 18 heteroatoms. The van der Waals surface area contributed by atoms with Crippen LogP contribution >= 0.6 is 25.3 Å². The summed E-state index contributed by atoms with van der Waals surface area (Å²) in [6.45, 7) is 5.32. The molecule has 0 amide bonds. The zero-order chi connectivity index (χ0) is 29.6. The summed E-state index contributed by atoms with van der Waals surface area (Å²) in [7, 11) is -3.48. The van der Waals surface area contributed by atoms with Gasteiger partial charge in [-0.25, -0.2) is 0 Å². The highest BCUT2D eigenvalue weighted by Crippen LogP contribution is 2.58. The normalized spacial score (nSPS) is 20.1. The van der Waals surface area contributed by atoms with E-state index >= 15 is 0 Å². The molecule has 0 spiro atoms. The molecule has 9 atom stereocenters. The standard InChI is InChI=1S/C7H16N2O3.C6H14NO4P.C5H12NO4PS/c1-4(8)6(10)3-9-5(2)7(11)12;1-4(6(8)9)3-12(10,11)5(2)7;1-3(5(7)8)12-11(9,10)4(2)6/h4-6,9-10H,3,8H2,1-2H3,(H,11,12);4-5H,3,7H2,1-2H3,(H,8,9)(H,10,11);3-4H,6H2,1-2H3,(H,7,8)(H,9,10). The fraction of sp³-hybridized carbons (Fsp3) is 0.833. The predicted molar refractivity (Wildman–Crippen MR) is 138 cm³/mol. The average Bonchev–Trinajstić information content (AvgIpc) is 2.71. The summed E-state index contributed by atoms with van der Waals surface area (Å²) in [5.41, 5.74) is 15.8. The van der Waals surface area contributed by atoms with Crippen LogP contribution in [-0.4, -0.2) is 95.8 Å². The Morgan fingerprint density at radius 3 is 1.56 bits per heavy atom. The summed E-state index contributed by atoms with van der Waals surface area (Å²) in [6.07, 6.45) is -0.966. The van der Waals surface area contributed by atoms with Crippen molar-refractivity contribution in [2.45, 2.75) is 76.5 Å². The zero-order valence-electron chi connectivity index (χ0n) is 21.2. The SMILES string of the molecule is CC(CP(=O)(O)C(C)N)C(=O)O.CC(NCC(O)C(C)N)C(=O)O.CC(SP(=O)(O)C(C)N)C(=O)O. The lowest BCUT2D eigenvalue weighted by Crippen LogP contribution is -2.44. The summed E-state index contributed by atoms with van der Waals surface area (Å²) in [6, 6.07) is -1.00. The molecule has 0 aliphatic rings. The van der Waals surface area contributed by atoms with Crippen LogP contribution in [0.4, 0.5) is 0 Å². The quantitative estimate of drug-likeness (QED) is 0.124. The second-order valence-electron chi connectivity index (χ2n) is 8.20. The van der Waals surface area contributed by atoms with Gasteiger partial charge in [0.15, 0.2) is 0 Å². The minimum Gasteiger partial charge on any atom is -0.481 e. The molecule has 13 N–H and O–H groups in total. The third kappa shape index (κ3) is 19.1. The molecule has 0 aromatic heterocycles. The fourth-order valence-electron chi connectivity index (χ4n) is 1.58. The molecular weight excluding hydrogens is 542 g/mol. The van der Waals surface area contributed by atoms with Crippen molar-refractivity contribution in [3.8, 4) is 0 Å². The third-order valence-corrected chi connectivity index (χ3v) is 11.4. The van der Waals surface area contributed by atoms with Crippen molar-refractivity contribution in [1.82, 2.24) is 5.32 Å². The van der Waals surface area contributed by atoms with E-state index in [2.05, 4.69) is 5.32 Å². The molecule has 0 aliphatic heterocycles. The van der Waals surface area contributed by atoms with E-state index in [1.807, 2.05) is 0 Å². The summed E-state index contributed by atoms with van der Waals surface area (Å²) >= 11 is 0.505. The van der Waals surface area contributed by atoms with Gasteiger partial charge in [0.1, 0.15) is 11.3 Å². The molecule has 216 valence electrons. The molecule has 0 aliphatic carbocycles. The van der Waals surface area contributed by atoms with Gasteiger partial charge in [0, 0.05) is 18.7 Å². The van der Waals surface area contributed by atoms with Crippen molar-refractivity contribution in [3.63, 3.8) is 0 Å². The van der Waals surface area contributed by atoms with Crippen molar-refractivity contribution in [2.24, 2.45) is 23.1 Å². The Labute approximate surface area is 214 Å². The Balaban J connectivity index is -0.000000454. The fourth-order valence-corrected chi connectivity index (χ4v) is 5.79. The number of carboxylic acids is 3. The van der Waals surface area contributed by atoms with Gasteiger partial charge in [-0.3, -0.25) is 23.5 Å². The zero-order valence-corrected chi connectivity index (χ0v) is 23.8. The van der Waals surface area contributed by atoms with E-state index in [1.165, 1.54) is 34.6 Å². The van der Waals surface area contributed by atoms with Crippen molar-refractivity contribution >= 4 is 43.2 Å². The van der Waals surface area contributed by atoms with Gasteiger partial charge in [0.2, 0.25) is 7.37 Å². The van der Waals surface area contributed by atoms with E-state index in [-0.39, 0.29) is 18.7 Å². The number of carbonyl (C=O) groups is 3. The van der Waals surface area contributed by atoms with Crippen LogP contribution in [0.3, 0.4) is 0 Å². The van der Waals surface area contributed by atoms with Crippen LogP contribution in [0.2, 0.25) is 0 Å². The molecule has 0 bridgehead atoms. The first-order valence-electron chi connectivity index (χ1n) is 10.7. The van der Waals surface area contributed by atoms with Crippen LogP contribution in [0.1, 0.15) is 41.5 Å². The summed E-state index contributed by atoms with van der Waals surface area (Å²) < 4.78 is 22.4. The number of hydrogen-bond donors (Lipinski definition) is 10. The number of aliphatic hydroxyl groups excluding tert-OH is 1. The van der Waals surface area contributed by atoms with Crippen LogP contribution in [0.15, 0.2) is 0 Å². The molecule has 0 radical (unpaired) electrons. The van der Waals surface area contributed by atoms with Gasteiger partial charge < -0.3 is 52.7 Å². The molecule has 0 saturated carbocycles. The predicted octanol–water partition coefficient (Wildman–Crippen LogP) is -0.278. The summed E-state index contributed by atoms with van der Waals surface area (Å²) in [5.74, 6) is -5.72.